The predicted octanol–water partition coefficient (Wildman–Crippen LogP) is 7.56. The molecule has 0 atom stereocenters. The average molecular weight is 511 g/mol. The molecule has 0 aromatic heterocycles. The summed E-state index contributed by atoms with van der Waals surface area (Å²) in [6.07, 6.45) is 2.88. The number of carbonyl (C=O) groups excluding carboxylic acids is 1. The number of carbonyl (C=O) groups is 1. The van der Waals surface area contributed by atoms with Gasteiger partial charge in [-0.2, -0.15) is 0 Å². The first-order chi connectivity index (χ1) is 18.7. The van der Waals surface area contributed by atoms with Crippen LogP contribution in [0.3, 0.4) is 0 Å². The van der Waals surface area contributed by atoms with Crippen molar-refractivity contribution in [2.24, 2.45) is 0 Å². The van der Waals surface area contributed by atoms with Crippen molar-refractivity contribution >= 4 is 6.16 Å². The fourth-order valence-electron chi connectivity index (χ4n) is 3.95. The van der Waals surface area contributed by atoms with Crippen LogP contribution >= 0.6 is 0 Å². The highest BCUT2D eigenvalue weighted by atomic mass is 16.7. The quantitative estimate of drug-likeness (QED) is 0.0995. The van der Waals surface area contributed by atoms with Crippen molar-refractivity contribution in [2.75, 3.05) is 13.2 Å². The summed E-state index contributed by atoms with van der Waals surface area (Å²) in [5.74, 6) is 0.900. The molecule has 0 N–H and O–H groups in total. The Balaban J connectivity index is 1.09. The zero-order valence-corrected chi connectivity index (χ0v) is 21.6. The summed E-state index contributed by atoms with van der Waals surface area (Å²) in [5.41, 5.74) is 4.68. The van der Waals surface area contributed by atoms with Crippen LogP contribution < -0.4 is 9.47 Å². The molecule has 4 aromatic carbocycles. The second-order valence-electron chi connectivity index (χ2n) is 9.03. The van der Waals surface area contributed by atoms with E-state index in [0.717, 1.165) is 36.8 Å². The van der Waals surface area contributed by atoms with Gasteiger partial charge in [-0.05, 0) is 72.2 Å². The zero-order chi connectivity index (χ0) is 26.3. The van der Waals surface area contributed by atoms with Crippen molar-refractivity contribution in [3.05, 3.63) is 131 Å². The van der Waals surface area contributed by atoms with Gasteiger partial charge in [0.2, 0.25) is 0 Å². The molecule has 0 saturated heterocycles. The Labute approximate surface area is 225 Å². The fourth-order valence-corrected chi connectivity index (χ4v) is 3.95. The topological polar surface area (TPSA) is 54.0 Å². The number of ether oxygens (including phenoxy) is 4. The standard InChI is InChI=1S/C33H34O5/c34-33(37-31-19-15-27(16-20-31)13-7-23-35-25-29-9-3-1-4-10-29)38-32-21-17-28(18-22-32)14-8-24-36-26-30-11-5-2-6-12-30/h1-6,9-12,15-22H,7-8,13-14,23-26H2. The largest absolute Gasteiger partial charge is 0.519 e. The van der Waals surface area contributed by atoms with Gasteiger partial charge in [-0.3, -0.25) is 0 Å². The van der Waals surface area contributed by atoms with E-state index in [4.69, 9.17) is 18.9 Å². The van der Waals surface area contributed by atoms with Crippen molar-refractivity contribution in [2.45, 2.75) is 38.9 Å². The third-order valence-electron chi connectivity index (χ3n) is 5.98. The van der Waals surface area contributed by atoms with Crippen LogP contribution in [0.25, 0.3) is 0 Å². The van der Waals surface area contributed by atoms with Crippen LogP contribution in [0.1, 0.15) is 35.1 Å². The Bertz CT molecular complexity index is 1110. The third kappa shape index (κ3) is 9.85. The number of rotatable bonds is 14. The van der Waals surface area contributed by atoms with Gasteiger partial charge in [0.05, 0.1) is 13.2 Å². The molecule has 0 heterocycles. The van der Waals surface area contributed by atoms with E-state index in [1.54, 1.807) is 24.3 Å². The summed E-state index contributed by atoms with van der Waals surface area (Å²) >= 11 is 0. The lowest BCUT2D eigenvalue weighted by Gasteiger charge is -2.08. The second-order valence-corrected chi connectivity index (χ2v) is 9.03. The minimum Gasteiger partial charge on any atom is -0.395 e. The average Bonchev–Trinajstić information content (AvgIpc) is 2.95. The summed E-state index contributed by atoms with van der Waals surface area (Å²) in [4.78, 5) is 12.2. The van der Waals surface area contributed by atoms with Gasteiger partial charge in [-0.15, -0.1) is 0 Å². The Morgan fingerprint density at radius 2 is 0.868 bits per heavy atom. The first-order valence-electron chi connectivity index (χ1n) is 13.1. The molecule has 5 nitrogen and oxygen atoms in total. The minimum absolute atomic E-state index is 0.450. The molecular formula is C33H34O5. The van der Waals surface area contributed by atoms with Gasteiger partial charge in [0.15, 0.2) is 0 Å². The fraction of sp³-hybridized carbons (Fsp3) is 0.242. The Kier molecular flexibility index (Phi) is 11.0. The minimum atomic E-state index is -0.755. The molecule has 0 radical (unpaired) electrons. The van der Waals surface area contributed by atoms with Crippen LogP contribution in [0.5, 0.6) is 11.5 Å². The maximum absolute atomic E-state index is 12.2. The van der Waals surface area contributed by atoms with Crippen LogP contribution in [-0.2, 0) is 35.5 Å². The van der Waals surface area contributed by atoms with Crippen molar-refractivity contribution in [3.63, 3.8) is 0 Å². The van der Waals surface area contributed by atoms with E-state index in [2.05, 4.69) is 24.3 Å². The van der Waals surface area contributed by atoms with E-state index in [9.17, 15) is 4.79 Å². The lowest BCUT2D eigenvalue weighted by Crippen LogP contribution is -2.13. The van der Waals surface area contributed by atoms with Crippen molar-refractivity contribution in [1.82, 2.24) is 0 Å². The summed E-state index contributed by atoms with van der Waals surface area (Å²) in [6, 6.07) is 35.3. The van der Waals surface area contributed by atoms with Gasteiger partial charge in [0, 0.05) is 13.2 Å². The lowest BCUT2D eigenvalue weighted by molar-refractivity contribution is 0.118. The molecule has 0 amide bonds. The normalized spacial score (nSPS) is 10.7. The van der Waals surface area contributed by atoms with E-state index in [-0.39, 0.29) is 0 Å². The summed E-state index contributed by atoms with van der Waals surface area (Å²) in [7, 11) is 0. The van der Waals surface area contributed by atoms with Gasteiger partial charge in [0.1, 0.15) is 11.5 Å². The summed E-state index contributed by atoms with van der Waals surface area (Å²) in [6.45, 7) is 2.64. The monoisotopic (exact) mass is 510 g/mol. The molecule has 196 valence electrons. The van der Waals surface area contributed by atoms with Gasteiger partial charge in [-0.25, -0.2) is 4.79 Å². The highest BCUT2D eigenvalue weighted by Crippen LogP contribution is 2.17. The smallest absolute Gasteiger partial charge is 0.395 e. The number of hydrogen-bond donors (Lipinski definition) is 0. The Morgan fingerprint density at radius 1 is 0.474 bits per heavy atom. The molecule has 4 rings (SSSR count). The van der Waals surface area contributed by atoms with E-state index in [1.807, 2.05) is 60.7 Å². The van der Waals surface area contributed by atoms with E-state index < -0.39 is 6.16 Å². The Morgan fingerprint density at radius 3 is 1.26 bits per heavy atom. The maximum atomic E-state index is 12.2. The second kappa shape index (κ2) is 15.4. The van der Waals surface area contributed by atoms with E-state index >= 15 is 0 Å². The first-order valence-corrected chi connectivity index (χ1v) is 13.1. The van der Waals surface area contributed by atoms with E-state index in [0.29, 0.717) is 37.9 Å². The maximum Gasteiger partial charge on any atom is 0.519 e. The lowest BCUT2D eigenvalue weighted by atomic mass is 10.1. The van der Waals surface area contributed by atoms with Crippen LogP contribution in [0, 0.1) is 0 Å². The number of aryl methyl sites for hydroxylation is 2. The highest BCUT2D eigenvalue weighted by Gasteiger charge is 2.08. The molecular weight excluding hydrogens is 476 g/mol. The SMILES string of the molecule is O=C(Oc1ccc(CCCOCc2ccccc2)cc1)Oc1ccc(CCCOCc2ccccc2)cc1. The van der Waals surface area contributed by atoms with Crippen LogP contribution in [0.4, 0.5) is 4.79 Å². The molecule has 38 heavy (non-hydrogen) atoms. The molecule has 0 aliphatic carbocycles. The molecule has 0 bridgehead atoms. The molecule has 0 spiro atoms. The Hall–Kier alpha value is -3.93. The van der Waals surface area contributed by atoms with Crippen LogP contribution in [-0.4, -0.2) is 19.4 Å². The molecule has 0 aliphatic rings. The molecule has 0 aliphatic heterocycles. The zero-order valence-electron chi connectivity index (χ0n) is 21.6. The van der Waals surface area contributed by atoms with E-state index in [1.165, 1.54) is 11.1 Å². The highest BCUT2D eigenvalue weighted by molar-refractivity contribution is 5.67. The van der Waals surface area contributed by atoms with Gasteiger partial charge >= 0.3 is 6.16 Å². The van der Waals surface area contributed by atoms with Crippen molar-refractivity contribution < 1.29 is 23.7 Å². The molecule has 4 aromatic rings. The molecule has 5 heteroatoms. The van der Waals surface area contributed by atoms with Crippen LogP contribution in [0.15, 0.2) is 109 Å². The van der Waals surface area contributed by atoms with Crippen molar-refractivity contribution in [3.8, 4) is 11.5 Å². The first kappa shape index (κ1) is 27.1. The summed E-state index contributed by atoms with van der Waals surface area (Å²) in [5, 5.41) is 0. The molecule has 0 unspecified atom stereocenters. The number of hydrogen-bond acceptors (Lipinski definition) is 5. The van der Waals surface area contributed by atoms with Gasteiger partial charge in [-0.1, -0.05) is 84.9 Å². The molecule has 0 saturated carbocycles. The molecule has 0 fully saturated rings. The van der Waals surface area contributed by atoms with Gasteiger partial charge in [0.25, 0.3) is 0 Å². The summed E-state index contributed by atoms with van der Waals surface area (Å²) < 4.78 is 22.1. The number of benzene rings is 4. The predicted molar refractivity (Wildman–Crippen MR) is 148 cm³/mol. The third-order valence-corrected chi connectivity index (χ3v) is 5.98. The van der Waals surface area contributed by atoms with Crippen molar-refractivity contribution in [1.29, 1.82) is 0 Å². The van der Waals surface area contributed by atoms with Crippen LogP contribution in [0.2, 0.25) is 0 Å². The van der Waals surface area contributed by atoms with Gasteiger partial charge < -0.3 is 18.9 Å².